The first-order valence-electron chi connectivity index (χ1n) is 9.56. The Kier molecular flexibility index (Phi) is 5.97. The molecule has 2 aromatic carbocycles. The van der Waals surface area contributed by atoms with Crippen LogP contribution in [-0.2, 0) is 6.54 Å². The van der Waals surface area contributed by atoms with Gasteiger partial charge < -0.3 is 4.74 Å². The van der Waals surface area contributed by atoms with Gasteiger partial charge in [0.05, 0.1) is 12.0 Å². The average molecular weight is 425 g/mol. The van der Waals surface area contributed by atoms with E-state index in [2.05, 4.69) is 17.1 Å². The maximum Gasteiger partial charge on any atom is 0.262 e. The van der Waals surface area contributed by atoms with Crippen LogP contribution in [0.3, 0.4) is 0 Å². The molecular weight excluding hydrogens is 404 g/mol. The van der Waals surface area contributed by atoms with E-state index in [4.69, 9.17) is 16.3 Å². The molecule has 0 unspecified atom stereocenters. The summed E-state index contributed by atoms with van der Waals surface area (Å²) >= 11 is 7.44. The zero-order valence-electron chi connectivity index (χ0n) is 16.1. The van der Waals surface area contributed by atoms with E-state index in [1.165, 1.54) is 0 Å². The number of ether oxygens (including phenoxy) is 1. The number of hydrogen-bond acceptors (Lipinski definition) is 4. The summed E-state index contributed by atoms with van der Waals surface area (Å²) in [6.45, 7) is 3.13. The van der Waals surface area contributed by atoms with Gasteiger partial charge >= 0.3 is 0 Å². The second-order valence-electron chi connectivity index (χ2n) is 6.82. The van der Waals surface area contributed by atoms with Crippen molar-refractivity contribution in [3.05, 3.63) is 81.9 Å². The molecule has 6 heteroatoms. The van der Waals surface area contributed by atoms with E-state index < -0.39 is 0 Å². The molecule has 0 saturated heterocycles. The highest BCUT2D eigenvalue weighted by Gasteiger charge is 2.12. The number of aromatic nitrogens is 2. The molecule has 4 nitrogen and oxygen atoms in total. The van der Waals surface area contributed by atoms with Gasteiger partial charge in [-0.2, -0.15) is 0 Å². The summed E-state index contributed by atoms with van der Waals surface area (Å²) in [5.74, 6) is 1.56. The van der Waals surface area contributed by atoms with Crippen molar-refractivity contribution in [3.63, 3.8) is 0 Å². The van der Waals surface area contributed by atoms with E-state index in [0.717, 1.165) is 39.7 Å². The smallest absolute Gasteiger partial charge is 0.262 e. The van der Waals surface area contributed by atoms with Crippen LogP contribution >= 0.6 is 22.9 Å². The van der Waals surface area contributed by atoms with E-state index >= 15 is 0 Å². The number of nitrogens with zero attached hydrogens (tertiary/aromatic N) is 2. The van der Waals surface area contributed by atoms with Crippen LogP contribution in [0, 0.1) is 6.92 Å². The Morgan fingerprint density at radius 1 is 1.07 bits per heavy atom. The first-order valence-corrected chi connectivity index (χ1v) is 10.8. The summed E-state index contributed by atoms with van der Waals surface area (Å²) in [6, 6.07) is 19.4. The third kappa shape index (κ3) is 4.52. The topological polar surface area (TPSA) is 44.1 Å². The van der Waals surface area contributed by atoms with Gasteiger partial charge in [-0.3, -0.25) is 9.36 Å². The van der Waals surface area contributed by atoms with Crippen LogP contribution in [0.4, 0.5) is 0 Å². The van der Waals surface area contributed by atoms with Crippen LogP contribution in [0.5, 0.6) is 5.75 Å². The molecule has 29 heavy (non-hydrogen) atoms. The molecule has 2 heterocycles. The average Bonchev–Trinajstić information content (AvgIpc) is 3.16. The standard InChI is InChI=1S/C23H21ClN2O2S/c1-16-25-22-20(15-21(29-22)17-7-3-2-4-8-17)23(27)26(16)13-5-6-14-28-19-11-9-18(24)10-12-19/h2-4,7-12,15H,5-6,13-14H2,1H3. The lowest BCUT2D eigenvalue weighted by molar-refractivity contribution is 0.302. The molecule has 0 aliphatic rings. The van der Waals surface area contributed by atoms with Gasteiger partial charge in [-0.05, 0) is 55.7 Å². The Labute approximate surface area is 178 Å². The van der Waals surface area contributed by atoms with Crippen LogP contribution in [0.15, 0.2) is 65.5 Å². The number of aryl methyl sites for hydroxylation is 1. The van der Waals surface area contributed by atoms with Crippen molar-refractivity contribution in [1.29, 1.82) is 0 Å². The van der Waals surface area contributed by atoms with Crippen LogP contribution < -0.4 is 10.3 Å². The normalized spacial score (nSPS) is 11.1. The monoisotopic (exact) mass is 424 g/mol. The lowest BCUT2D eigenvalue weighted by Crippen LogP contribution is -2.23. The van der Waals surface area contributed by atoms with E-state index in [1.54, 1.807) is 15.9 Å². The number of benzene rings is 2. The molecule has 0 atom stereocenters. The molecule has 0 aliphatic carbocycles. The van der Waals surface area contributed by atoms with Gasteiger partial charge in [0, 0.05) is 16.4 Å². The Balaban J connectivity index is 1.43. The number of fused-ring (bicyclic) bond motifs is 1. The third-order valence-corrected chi connectivity index (χ3v) is 6.09. The summed E-state index contributed by atoms with van der Waals surface area (Å²) in [5.41, 5.74) is 1.14. The minimum Gasteiger partial charge on any atom is -0.494 e. The second kappa shape index (κ2) is 8.80. The van der Waals surface area contributed by atoms with Crippen molar-refractivity contribution in [3.8, 4) is 16.2 Å². The predicted octanol–water partition coefficient (Wildman–Crippen LogP) is 5.95. The summed E-state index contributed by atoms with van der Waals surface area (Å²) < 4.78 is 7.49. The van der Waals surface area contributed by atoms with Crippen LogP contribution in [0.2, 0.25) is 5.02 Å². The van der Waals surface area contributed by atoms with Crippen LogP contribution in [-0.4, -0.2) is 16.2 Å². The van der Waals surface area contributed by atoms with Gasteiger partial charge in [0.2, 0.25) is 0 Å². The van der Waals surface area contributed by atoms with Crippen molar-refractivity contribution in [2.75, 3.05) is 6.61 Å². The Morgan fingerprint density at radius 3 is 2.59 bits per heavy atom. The molecule has 0 N–H and O–H groups in total. The van der Waals surface area contributed by atoms with E-state index in [9.17, 15) is 4.79 Å². The van der Waals surface area contributed by atoms with Crippen molar-refractivity contribution < 1.29 is 4.74 Å². The zero-order valence-corrected chi connectivity index (χ0v) is 17.7. The third-order valence-electron chi connectivity index (χ3n) is 4.76. The van der Waals surface area contributed by atoms with Crippen LogP contribution in [0.1, 0.15) is 18.7 Å². The molecule has 148 valence electrons. The molecule has 0 spiro atoms. The Hall–Kier alpha value is -2.63. The molecule has 0 aliphatic heterocycles. The molecule has 4 rings (SSSR count). The highest BCUT2D eigenvalue weighted by atomic mass is 35.5. The Morgan fingerprint density at radius 2 is 1.83 bits per heavy atom. The largest absolute Gasteiger partial charge is 0.494 e. The summed E-state index contributed by atoms with van der Waals surface area (Å²) in [7, 11) is 0. The lowest BCUT2D eigenvalue weighted by Gasteiger charge is -2.10. The fraction of sp³-hybridized carbons (Fsp3) is 0.217. The molecule has 0 bridgehead atoms. The molecule has 0 amide bonds. The fourth-order valence-electron chi connectivity index (χ4n) is 3.22. The molecule has 2 aromatic heterocycles. The van der Waals surface area contributed by atoms with Crippen LogP contribution in [0.25, 0.3) is 20.7 Å². The van der Waals surface area contributed by atoms with Gasteiger partial charge in [-0.25, -0.2) is 4.98 Å². The molecular formula is C23H21ClN2O2S. The minimum atomic E-state index is 0.0320. The highest BCUT2D eigenvalue weighted by Crippen LogP contribution is 2.30. The molecule has 0 radical (unpaired) electrons. The second-order valence-corrected chi connectivity index (χ2v) is 8.29. The Bertz CT molecular complexity index is 1170. The summed E-state index contributed by atoms with van der Waals surface area (Å²) in [5, 5.41) is 1.39. The van der Waals surface area contributed by atoms with Crippen molar-refractivity contribution in [2.24, 2.45) is 0 Å². The van der Waals surface area contributed by atoms with Crippen molar-refractivity contribution >= 4 is 33.2 Å². The van der Waals surface area contributed by atoms with Gasteiger partial charge in [-0.15, -0.1) is 11.3 Å². The quantitative estimate of drug-likeness (QED) is 0.344. The van der Waals surface area contributed by atoms with E-state index in [-0.39, 0.29) is 5.56 Å². The maximum atomic E-state index is 13.0. The predicted molar refractivity (Wildman–Crippen MR) is 120 cm³/mol. The first-order chi connectivity index (χ1) is 14.1. The maximum absolute atomic E-state index is 13.0. The number of hydrogen-bond donors (Lipinski definition) is 0. The highest BCUT2D eigenvalue weighted by molar-refractivity contribution is 7.21. The SMILES string of the molecule is Cc1nc2sc(-c3ccccc3)cc2c(=O)n1CCCCOc1ccc(Cl)cc1. The van der Waals surface area contributed by atoms with E-state index in [0.29, 0.717) is 23.6 Å². The summed E-state index contributed by atoms with van der Waals surface area (Å²) in [6.07, 6.45) is 1.70. The van der Waals surface area contributed by atoms with Crippen molar-refractivity contribution in [1.82, 2.24) is 9.55 Å². The summed E-state index contributed by atoms with van der Waals surface area (Å²) in [4.78, 5) is 19.5. The molecule has 0 saturated carbocycles. The van der Waals surface area contributed by atoms with E-state index in [1.807, 2.05) is 55.5 Å². The van der Waals surface area contributed by atoms with Gasteiger partial charge in [0.1, 0.15) is 16.4 Å². The molecule has 4 aromatic rings. The van der Waals surface area contributed by atoms with Gasteiger partial charge in [0.15, 0.2) is 0 Å². The fourth-order valence-corrected chi connectivity index (χ4v) is 4.42. The number of halogens is 1. The number of rotatable bonds is 7. The first kappa shape index (κ1) is 19.7. The number of unbranched alkanes of at least 4 members (excludes halogenated alkanes) is 1. The number of thiophene rings is 1. The lowest BCUT2D eigenvalue weighted by atomic mass is 10.2. The van der Waals surface area contributed by atoms with Gasteiger partial charge in [0.25, 0.3) is 5.56 Å². The zero-order chi connectivity index (χ0) is 20.2. The van der Waals surface area contributed by atoms with Crippen molar-refractivity contribution in [2.45, 2.75) is 26.3 Å². The minimum absolute atomic E-state index is 0.0320. The molecule has 0 fully saturated rings. The van der Waals surface area contributed by atoms with Gasteiger partial charge in [-0.1, -0.05) is 41.9 Å².